The lowest BCUT2D eigenvalue weighted by atomic mass is 10.1. The van der Waals surface area contributed by atoms with E-state index in [0.29, 0.717) is 57.0 Å². The molecule has 236 valence electrons. The van der Waals surface area contributed by atoms with E-state index in [2.05, 4.69) is 0 Å². The van der Waals surface area contributed by atoms with E-state index in [4.69, 9.17) is 71.7 Å². The van der Waals surface area contributed by atoms with Crippen LogP contribution in [0, 0.1) is 6.92 Å². The van der Waals surface area contributed by atoms with Crippen LogP contribution in [0.3, 0.4) is 0 Å². The maximum atomic E-state index is 10.2. The molecule has 1 N–H and O–H groups in total. The Morgan fingerprint density at radius 2 is 0.891 bits per heavy atom. The van der Waals surface area contributed by atoms with Gasteiger partial charge in [0.15, 0.2) is 11.5 Å². The third-order valence-corrected chi connectivity index (χ3v) is 7.99. The molecule has 6 rings (SSSR count). The van der Waals surface area contributed by atoms with Gasteiger partial charge >= 0.3 is 0 Å². The number of phenolic OH excluding ortho intramolecular Hbond substituents is 1. The summed E-state index contributed by atoms with van der Waals surface area (Å²) in [6.07, 6.45) is 0. The van der Waals surface area contributed by atoms with Crippen LogP contribution in [0.25, 0.3) is 34.0 Å². The highest BCUT2D eigenvalue weighted by molar-refractivity contribution is 6.34. The standard InChI is InChI=1S/C34H25Cl3O9/c1-17-5-6-22(42-17)19-13-26(40-3)33(36)28(15-19)45-31-10-8-24(44-31)20-14-27(41-4)34(37)29(16-20)46-30-9-7-23(43-30)18-11-21(38)32(35)25(12-18)39-2/h5-16,38H,1-4H3. The number of benzene rings is 3. The lowest BCUT2D eigenvalue weighted by Crippen LogP contribution is -1.91. The molecule has 0 saturated heterocycles. The summed E-state index contributed by atoms with van der Waals surface area (Å²) in [6.45, 7) is 1.86. The summed E-state index contributed by atoms with van der Waals surface area (Å²) < 4.78 is 45.9. The summed E-state index contributed by atoms with van der Waals surface area (Å²) in [5.41, 5.74) is 1.82. The van der Waals surface area contributed by atoms with Crippen LogP contribution < -0.4 is 23.7 Å². The highest BCUT2D eigenvalue weighted by atomic mass is 35.5. The number of aromatic hydroxyl groups is 1. The molecule has 0 aliphatic carbocycles. The summed E-state index contributed by atoms with van der Waals surface area (Å²) >= 11 is 19.3. The fourth-order valence-electron chi connectivity index (χ4n) is 4.62. The predicted molar refractivity (Wildman–Crippen MR) is 174 cm³/mol. The number of methoxy groups -OCH3 is 3. The molecular weight excluding hydrogens is 659 g/mol. The van der Waals surface area contributed by atoms with Gasteiger partial charge in [-0.2, -0.15) is 0 Å². The number of rotatable bonds is 10. The monoisotopic (exact) mass is 682 g/mol. The van der Waals surface area contributed by atoms with Crippen LogP contribution in [0.5, 0.6) is 46.4 Å². The minimum Gasteiger partial charge on any atom is -0.506 e. The zero-order valence-corrected chi connectivity index (χ0v) is 27.0. The third-order valence-electron chi connectivity index (χ3n) is 6.87. The molecule has 9 nitrogen and oxygen atoms in total. The fourth-order valence-corrected chi connectivity index (χ4v) is 5.25. The van der Waals surface area contributed by atoms with Crippen LogP contribution in [-0.4, -0.2) is 26.4 Å². The maximum Gasteiger partial charge on any atom is 0.290 e. The molecule has 0 spiro atoms. The molecule has 0 saturated carbocycles. The first-order chi connectivity index (χ1) is 22.2. The van der Waals surface area contributed by atoms with Gasteiger partial charge in [0, 0.05) is 28.8 Å². The Morgan fingerprint density at radius 3 is 1.33 bits per heavy atom. The molecule has 3 aromatic heterocycles. The Labute approximate surface area is 278 Å². The number of furan rings is 3. The zero-order chi connectivity index (χ0) is 32.5. The van der Waals surface area contributed by atoms with Crippen molar-refractivity contribution in [3.63, 3.8) is 0 Å². The van der Waals surface area contributed by atoms with Crippen molar-refractivity contribution in [3.05, 3.63) is 93.6 Å². The Bertz CT molecular complexity index is 2040. The molecule has 0 radical (unpaired) electrons. The van der Waals surface area contributed by atoms with Crippen LogP contribution >= 0.6 is 34.8 Å². The molecule has 0 amide bonds. The van der Waals surface area contributed by atoms with Gasteiger partial charge in [0.2, 0.25) is 0 Å². The van der Waals surface area contributed by atoms with Crippen LogP contribution in [-0.2, 0) is 0 Å². The molecule has 0 bridgehead atoms. The lowest BCUT2D eigenvalue weighted by Gasteiger charge is -2.12. The number of phenols is 1. The average molecular weight is 684 g/mol. The molecule has 0 aliphatic rings. The van der Waals surface area contributed by atoms with E-state index in [-0.39, 0.29) is 38.5 Å². The van der Waals surface area contributed by atoms with E-state index in [1.165, 1.54) is 27.4 Å². The van der Waals surface area contributed by atoms with Crippen molar-refractivity contribution in [2.75, 3.05) is 21.3 Å². The van der Waals surface area contributed by atoms with E-state index in [1.807, 2.05) is 19.1 Å². The van der Waals surface area contributed by atoms with Gasteiger partial charge in [-0.3, -0.25) is 0 Å². The highest BCUT2D eigenvalue weighted by Gasteiger charge is 2.20. The normalized spacial score (nSPS) is 11.0. The largest absolute Gasteiger partial charge is 0.506 e. The second-order valence-corrected chi connectivity index (χ2v) is 11.0. The Balaban J connectivity index is 1.28. The second-order valence-electron chi connectivity index (χ2n) is 9.84. The average Bonchev–Trinajstić information content (AvgIpc) is 3.82. The van der Waals surface area contributed by atoms with Gasteiger partial charge in [0.1, 0.15) is 61.1 Å². The van der Waals surface area contributed by atoms with Crippen molar-refractivity contribution < 1.29 is 42.0 Å². The van der Waals surface area contributed by atoms with Crippen molar-refractivity contribution in [1.29, 1.82) is 0 Å². The van der Waals surface area contributed by atoms with Gasteiger partial charge in [-0.05, 0) is 67.6 Å². The molecule has 3 aromatic carbocycles. The molecule has 3 heterocycles. The summed E-state index contributed by atoms with van der Waals surface area (Å²) in [6, 6.07) is 20.3. The van der Waals surface area contributed by atoms with E-state index in [1.54, 1.807) is 54.6 Å². The van der Waals surface area contributed by atoms with Crippen molar-refractivity contribution in [3.8, 4) is 80.4 Å². The number of aryl methyl sites for hydroxylation is 1. The quantitative estimate of drug-likeness (QED) is 0.151. The fraction of sp³-hybridized carbons (Fsp3) is 0.118. The minimum atomic E-state index is -0.154. The molecule has 6 aromatic rings. The van der Waals surface area contributed by atoms with Crippen molar-refractivity contribution in [1.82, 2.24) is 0 Å². The minimum absolute atomic E-state index is 0.0942. The molecule has 46 heavy (non-hydrogen) atoms. The number of ether oxygens (including phenoxy) is 5. The summed E-state index contributed by atoms with van der Waals surface area (Å²) in [7, 11) is 4.45. The zero-order valence-electron chi connectivity index (χ0n) is 24.8. The highest BCUT2D eigenvalue weighted by Crippen LogP contribution is 2.45. The predicted octanol–water partition coefficient (Wildman–Crippen LogP) is 11.1. The van der Waals surface area contributed by atoms with Gasteiger partial charge in [-0.1, -0.05) is 34.8 Å². The summed E-state index contributed by atoms with van der Waals surface area (Å²) in [5, 5.41) is 10.7. The molecular formula is C34H25Cl3O9. The van der Waals surface area contributed by atoms with Crippen LogP contribution in [0.1, 0.15) is 5.76 Å². The van der Waals surface area contributed by atoms with Gasteiger partial charge in [-0.15, -0.1) is 0 Å². The molecule has 0 atom stereocenters. The molecule has 12 heteroatoms. The first-order valence-corrected chi connectivity index (χ1v) is 14.7. The number of hydrogen-bond acceptors (Lipinski definition) is 9. The van der Waals surface area contributed by atoms with E-state index in [9.17, 15) is 5.11 Å². The van der Waals surface area contributed by atoms with Crippen molar-refractivity contribution >= 4 is 34.8 Å². The van der Waals surface area contributed by atoms with E-state index in [0.717, 1.165) is 5.76 Å². The molecule has 0 aliphatic heterocycles. The van der Waals surface area contributed by atoms with Gasteiger partial charge in [0.05, 0.1) is 21.3 Å². The van der Waals surface area contributed by atoms with Crippen LogP contribution in [0.4, 0.5) is 0 Å². The summed E-state index contributed by atoms with van der Waals surface area (Å²) in [4.78, 5) is 0. The van der Waals surface area contributed by atoms with Crippen molar-refractivity contribution in [2.24, 2.45) is 0 Å². The topological polar surface area (TPSA) is 106 Å². The maximum absolute atomic E-state index is 10.2. The van der Waals surface area contributed by atoms with E-state index >= 15 is 0 Å². The number of hydrogen-bond donors (Lipinski definition) is 1. The number of halogens is 3. The first-order valence-electron chi connectivity index (χ1n) is 13.6. The van der Waals surface area contributed by atoms with Crippen LogP contribution in [0.2, 0.25) is 15.1 Å². The first kappa shape index (κ1) is 31.2. The van der Waals surface area contributed by atoms with Gasteiger partial charge in [0.25, 0.3) is 11.9 Å². The molecule has 0 fully saturated rings. The molecule has 0 unspecified atom stereocenters. The van der Waals surface area contributed by atoms with Crippen molar-refractivity contribution in [2.45, 2.75) is 6.92 Å². The SMILES string of the molecule is COc1cc(-c2ccc(Oc3cc(-c4ccc(Oc5cc(-c6ccc(C)o6)cc(OC)c5Cl)o4)cc(OC)c3Cl)o2)cc(O)c1Cl. The Hall–Kier alpha value is -4.83. The smallest absolute Gasteiger partial charge is 0.290 e. The van der Waals surface area contributed by atoms with Gasteiger partial charge < -0.3 is 42.0 Å². The second kappa shape index (κ2) is 12.9. The van der Waals surface area contributed by atoms with Crippen LogP contribution in [0.15, 0.2) is 86.0 Å². The third kappa shape index (κ3) is 6.17. The Kier molecular flexibility index (Phi) is 8.73. The van der Waals surface area contributed by atoms with E-state index < -0.39 is 0 Å². The Morgan fingerprint density at radius 1 is 0.500 bits per heavy atom. The summed E-state index contributed by atoms with van der Waals surface area (Å²) in [5.74, 6) is 3.95. The van der Waals surface area contributed by atoms with Gasteiger partial charge in [-0.25, -0.2) is 0 Å². The lowest BCUT2D eigenvalue weighted by molar-refractivity contribution is 0.345.